The highest BCUT2D eigenvalue weighted by atomic mass is 16.2. The number of pyridine rings is 1. The summed E-state index contributed by atoms with van der Waals surface area (Å²) in [6, 6.07) is 8.88. The third-order valence-electron chi connectivity index (χ3n) is 4.29. The zero-order chi connectivity index (χ0) is 15.8. The average molecular weight is 308 g/mol. The predicted molar refractivity (Wildman–Crippen MR) is 85.9 cm³/mol. The van der Waals surface area contributed by atoms with Gasteiger partial charge in [0.05, 0.1) is 12.1 Å². The highest BCUT2D eigenvalue weighted by Gasteiger charge is 2.21. The number of nitrogens with zero attached hydrogens (tertiary/aromatic N) is 4. The van der Waals surface area contributed by atoms with Gasteiger partial charge in [-0.15, -0.1) is 0 Å². The molecular weight excluding hydrogens is 292 g/mol. The van der Waals surface area contributed by atoms with E-state index in [1.807, 2.05) is 33.9 Å². The molecule has 0 aliphatic carbocycles. The van der Waals surface area contributed by atoms with E-state index in [-0.39, 0.29) is 17.9 Å². The Hall–Kier alpha value is -2.89. The smallest absolute Gasteiger partial charge is 0.242 e. The van der Waals surface area contributed by atoms with Crippen LogP contribution in [0.15, 0.2) is 53.7 Å². The molecule has 23 heavy (non-hydrogen) atoms. The number of para-hydroxylation sites is 1. The van der Waals surface area contributed by atoms with Gasteiger partial charge in [0, 0.05) is 43.1 Å². The van der Waals surface area contributed by atoms with E-state index in [4.69, 9.17) is 0 Å². The van der Waals surface area contributed by atoms with Crippen LogP contribution in [0.3, 0.4) is 0 Å². The first-order valence-electron chi connectivity index (χ1n) is 7.58. The second-order valence-corrected chi connectivity index (χ2v) is 5.68. The third-order valence-corrected chi connectivity index (χ3v) is 4.29. The molecule has 6 heteroatoms. The lowest BCUT2D eigenvalue weighted by molar-refractivity contribution is -0.133. The summed E-state index contributed by atoms with van der Waals surface area (Å²) in [6.45, 7) is 2.21. The van der Waals surface area contributed by atoms with Crippen LogP contribution in [-0.2, 0) is 24.4 Å². The summed E-state index contributed by atoms with van der Waals surface area (Å²) >= 11 is 0. The monoisotopic (exact) mass is 308 g/mol. The maximum absolute atomic E-state index is 12.6. The molecule has 0 fully saturated rings. The Morgan fingerprint density at radius 1 is 1.13 bits per heavy atom. The molecule has 0 unspecified atom stereocenters. The molecule has 116 valence electrons. The van der Waals surface area contributed by atoms with Crippen molar-refractivity contribution in [3.8, 4) is 0 Å². The van der Waals surface area contributed by atoms with Crippen LogP contribution in [0.2, 0.25) is 0 Å². The summed E-state index contributed by atoms with van der Waals surface area (Å²) in [7, 11) is 0. The van der Waals surface area contributed by atoms with Gasteiger partial charge in [-0.3, -0.25) is 9.59 Å². The van der Waals surface area contributed by atoms with Crippen LogP contribution in [0.4, 0.5) is 0 Å². The van der Waals surface area contributed by atoms with Gasteiger partial charge in [0.25, 0.3) is 0 Å². The Bertz CT molecular complexity index is 941. The Morgan fingerprint density at radius 2 is 2.00 bits per heavy atom. The van der Waals surface area contributed by atoms with Crippen LogP contribution in [0.1, 0.15) is 5.82 Å². The molecule has 1 aliphatic heterocycles. The highest BCUT2D eigenvalue weighted by Crippen LogP contribution is 2.13. The molecule has 0 saturated carbocycles. The Kier molecular flexibility index (Phi) is 3.22. The van der Waals surface area contributed by atoms with E-state index in [9.17, 15) is 9.59 Å². The van der Waals surface area contributed by atoms with Gasteiger partial charge < -0.3 is 14.0 Å². The van der Waals surface area contributed by atoms with Crippen molar-refractivity contribution < 1.29 is 4.79 Å². The first-order valence-corrected chi connectivity index (χ1v) is 7.58. The first kappa shape index (κ1) is 13.8. The molecule has 0 atom stereocenters. The fourth-order valence-corrected chi connectivity index (χ4v) is 3.03. The summed E-state index contributed by atoms with van der Waals surface area (Å²) < 4.78 is 3.90. The molecular formula is C17H16N4O2. The predicted octanol–water partition coefficient (Wildman–Crippen LogP) is 1.24. The quantitative estimate of drug-likeness (QED) is 0.715. The van der Waals surface area contributed by atoms with Gasteiger partial charge >= 0.3 is 0 Å². The fraction of sp³-hybridized carbons (Fsp3) is 0.235. The zero-order valence-electron chi connectivity index (χ0n) is 12.6. The Labute approximate surface area is 132 Å². The average Bonchev–Trinajstić information content (AvgIpc) is 3.05. The first-order chi connectivity index (χ1) is 11.2. The van der Waals surface area contributed by atoms with Crippen LogP contribution in [0.25, 0.3) is 10.9 Å². The largest absolute Gasteiger partial charge is 0.338 e. The molecule has 0 N–H and O–H groups in total. The second-order valence-electron chi connectivity index (χ2n) is 5.68. The van der Waals surface area contributed by atoms with Crippen molar-refractivity contribution in [3.05, 3.63) is 65.0 Å². The fourth-order valence-electron chi connectivity index (χ4n) is 3.03. The molecule has 2 aromatic heterocycles. The van der Waals surface area contributed by atoms with Crippen LogP contribution in [-0.4, -0.2) is 31.5 Å². The van der Waals surface area contributed by atoms with Crippen LogP contribution < -0.4 is 5.43 Å². The molecule has 4 rings (SSSR count). The van der Waals surface area contributed by atoms with Gasteiger partial charge in [0.2, 0.25) is 5.91 Å². The molecule has 0 spiro atoms. The summed E-state index contributed by atoms with van der Waals surface area (Å²) in [4.78, 5) is 30.6. The minimum absolute atomic E-state index is 0.0238. The molecule has 0 radical (unpaired) electrons. The number of rotatable bonds is 2. The number of imidazole rings is 1. The van der Waals surface area contributed by atoms with Gasteiger partial charge in [-0.25, -0.2) is 4.98 Å². The summed E-state index contributed by atoms with van der Waals surface area (Å²) in [6.07, 6.45) is 5.39. The van der Waals surface area contributed by atoms with E-state index in [1.165, 1.54) is 6.07 Å². The van der Waals surface area contributed by atoms with E-state index in [1.54, 1.807) is 18.5 Å². The van der Waals surface area contributed by atoms with Crippen molar-refractivity contribution in [3.63, 3.8) is 0 Å². The van der Waals surface area contributed by atoms with Crippen molar-refractivity contribution in [2.24, 2.45) is 0 Å². The van der Waals surface area contributed by atoms with Gasteiger partial charge in [-0.05, 0) is 12.1 Å². The minimum atomic E-state index is -0.0238. The van der Waals surface area contributed by atoms with E-state index in [0.29, 0.717) is 18.5 Å². The van der Waals surface area contributed by atoms with Gasteiger partial charge in [0.1, 0.15) is 12.4 Å². The van der Waals surface area contributed by atoms with Crippen molar-refractivity contribution >= 4 is 16.8 Å². The van der Waals surface area contributed by atoms with Crippen LogP contribution in [0.5, 0.6) is 0 Å². The topological polar surface area (TPSA) is 60.1 Å². The van der Waals surface area contributed by atoms with Gasteiger partial charge in [-0.1, -0.05) is 12.1 Å². The van der Waals surface area contributed by atoms with Crippen molar-refractivity contribution in [1.29, 1.82) is 0 Å². The number of amides is 1. The van der Waals surface area contributed by atoms with Gasteiger partial charge in [0.15, 0.2) is 5.43 Å². The third kappa shape index (κ3) is 2.42. The van der Waals surface area contributed by atoms with E-state index < -0.39 is 0 Å². The number of fused-ring (bicyclic) bond motifs is 2. The van der Waals surface area contributed by atoms with E-state index >= 15 is 0 Å². The number of aromatic nitrogens is 3. The summed E-state index contributed by atoms with van der Waals surface area (Å²) in [5, 5.41) is 0.636. The molecule has 1 aliphatic rings. The van der Waals surface area contributed by atoms with E-state index in [0.717, 1.165) is 17.9 Å². The molecule has 1 amide bonds. The minimum Gasteiger partial charge on any atom is -0.338 e. The number of carbonyl (C=O) groups is 1. The second kappa shape index (κ2) is 5.39. The number of benzene rings is 1. The normalized spacial score (nSPS) is 14.0. The molecule has 6 nitrogen and oxygen atoms in total. The molecule has 3 heterocycles. The number of hydrogen-bond acceptors (Lipinski definition) is 3. The summed E-state index contributed by atoms with van der Waals surface area (Å²) in [5.74, 6) is 0.947. The maximum Gasteiger partial charge on any atom is 0.242 e. The number of carbonyl (C=O) groups excluding carboxylic acids is 1. The standard InChI is InChI=1S/C17H16N4O2/c22-15-5-7-20(14-4-2-1-3-13(14)15)12-17(23)21-10-9-19-8-6-18-16(19)11-21/h1-8H,9-12H2. The molecule has 0 bridgehead atoms. The lowest BCUT2D eigenvalue weighted by Crippen LogP contribution is -2.40. The highest BCUT2D eigenvalue weighted by molar-refractivity contribution is 5.82. The lowest BCUT2D eigenvalue weighted by atomic mass is 10.2. The number of hydrogen-bond donors (Lipinski definition) is 0. The van der Waals surface area contributed by atoms with Crippen molar-refractivity contribution in [1.82, 2.24) is 19.0 Å². The van der Waals surface area contributed by atoms with Crippen LogP contribution >= 0.6 is 0 Å². The molecule has 3 aromatic rings. The summed E-state index contributed by atoms with van der Waals surface area (Å²) in [5.41, 5.74) is 0.760. The zero-order valence-corrected chi connectivity index (χ0v) is 12.6. The SMILES string of the molecule is O=C(Cn1ccc(=O)c2ccccc21)N1CCn2ccnc2C1. The van der Waals surface area contributed by atoms with Crippen molar-refractivity contribution in [2.45, 2.75) is 19.6 Å². The maximum atomic E-state index is 12.6. The lowest BCUT2D eigenvalue weighted by Gasteiger charge is -2.28. The van der Waals surface area contributed by atoms with Gasteiger partial charge in [-0.2, -0.15) is 0 Å². The van der Waals surface area contributed by atoms with Crippen LogP contribution in [0, 0.1) is 0 Å². The van der Waals surface area contributed by atoms with E-state index in [2.05, 4.69) is 9.55 Å². The molecule has 0 saturated heterocycles. The Morgan fingerprint density at radius 3 is 2.91 bits per heavy atom. The molecule has 1 aromatic carbocycles. The van der Waals surface area contributed by atoms with Crippen molar-refractivity contribution in [2.75, 3.05) is 6.54 Å². The Balaban J connectivity index is 1.60.